The van der Waals surface area contributed by atoms with Gasteiger partial charge in [0.05, 0.1) is 0 Å². The van der Waals surface area contributed by atoms with Crippen LogP contribution in [0.25, 0.3) is 0 Å². The first-order valence-corrected chi connectivity index (χ1v) is 7.92. The van der Waals surface area contributed by atoms with Gasteiger partial charge in [0.2, 0.25) is 0 Å². The predicted molar refractivity (Wildman–Crippen MR) is 85.4 cm³/mol. The van der Waals surface area contributed by atoms with E-state index in [0.29, 0.717) is 0 Å². The molecule has 0 bridgehead atoms. The molecule has 0 heterocycles. The van der Waals surface area contributed by atoms with E-state index in [9.17, 15) is 4.79 Å². The van der Waals surface area contributed by atoms with Gasteiger partial charge in [0.15, 0.2) is 0 Å². The Labute approximate surface area is 123 Å². The Morgan fingerprint density at radius 3 is 2.25 bits per heavy atom. The second-order valence-corrected chi connectivity index (χ2v) is 7.60. The standard InChI is InChI=1S/C19H28O/c1-6-7-15(13-20)14-8-9-16-17(12-14)19(4,5)11-10-18(16,2)3/h8-9,12-13,15H,6-7,10-11H2,1-5H3/t15-/m1/s1. The Balaban J connectivity index is 2.50. The van der Waals surface area contributed by atoms with E-state index in [0.717, 1.165) is 19.1 Å². The third kappa shape index (κ3) is 2.68. The summed E-state index contributed by atoms with van der Waals surface area (Å²) >= 11 is 0. The highest BCUT2D eigenvalue weighted by atomic mass is 16.1. The normalized spacial score (nSPS) is 21.1. The maximum Gasteiger partial charge on any atom is 0.127 e. The quantitative estimate of drug-likeness (QED) is 0.695. The van der Waals surface area contributed by atoms with Gasteiger partial charge in [-0.15, -0.1) is 0 Å². The Morgan fingerprint density at radius 2 is 1.70 bits per heavy atom. The van der Waals surface area contributed by atoms with Crippen LogP contribution in [0.2, 0.25) is 0 Å². The van der Waals surface area contributed by atoms with Crippen LogP contribution < -0.4 is 0 Å². The van der Waals surface area contributed by atoms with Crippen molar-refractivity contribution in [2.75, 3.05) is 0 Å². The van der Waals surface area contributed by atoms with E-state index in [1.54, 1.807) is 0 Å². The van der Waals surface area contributed by atoms with Crippen LogP contribution in [0.15, 0.2) is 18.2 Å². The predicted octanol–water partition coefficient (Wildman–Crippen LogP) is 5.12. The Morgan fingerprint density at radius 1 is 1.10 bits per heavy atom. The molecule has 0 amide bonds. The van der Waals surface area contributed by atoms with E-state index in [2.05, 4.69) is 52.8 Å². The summed E-state index contributed by atoms with van der Waals surface area (Å²) < 4.78 is 0. The minimum atomic E-state index is 0.0612. The van der Waals surface area contributed by atoms with Gasteiger partial charge in [-0.25, -0.2) is 0 Å². The van der Waals surface area contributed by atoms with Crippen LogP contribution in [0.5, 0.6) is 0 Å². The van der Waals surface area contributed by atoms with Crippen LogP contribution in [0.3, 0.4) is 0 Å². The molecule has 0 aromatic heterocycles. The number of rotatable bonds is 4. The first kappa shape index (κ1) is 15.3. The molecule has 20 heavy (non-hydrogen) atoms. The smallest absolute Gasteiger partial charge is 0.127 e. The second-order valence-electron chi connectivity index (χ2n) is 7.60. The SMILES string of the molecule is CCC[C@H](C=O)c1ccc2c(c1)C(C)(C)CCC2(C)C. The number of benzene rings is 1. The highest BCUT2D eigenvalue weighted by Gasteiger charge is 2.37. The Bertz CT molecular complexity index is 496. The lowest BCUT2D eigenvalue weighted by Gasteiger charge is -2.42. The number of aldehydes is 1. The molecule has 0 fully saturated rings. The highest BCUT2D eigenvalue weighted by molar-refractivity contribution is 5.63. The molecule has 0 spiro atoms. The molecular weight excluding hydrogens is 244 g/mol. The van der Waals surface area contributed by atoms with Gasteiger partial charge in [0, 0.05) is 5.92 Å². The van der Waals surface area contributed by atoms with E-state index in [4.69, 9.17) is 0 Å². The van der Waals surface area contributed by atoms with Gasteiger partial charge in [-0.1, -0.05) is 59.2 Å². The largest absolute Gasteiger partial charge is 0.303 e. The summed E-state index contributed by atoms with van der Waals surface area (Å²) in [6.45, 7) is 11.5. The summed E-state index contributed by atoms with van der Waals surface area (Å²) in [5.41, 5.74) is 4.60. The fourth-order valence-corrected chi connectivity index (χ4v) is 3.46. The van der Waals surface area contributed by atoms with Crippen molar-refractivity contribution in [1.29, 1.82) is 0 Å². The monoisotopic (exact) mass is 272 g/mol. The summed E-state index contributed by atoms with van der Waals surface area (Å²) in [5.74, 6) is 0.0612. The lowest BCUT2D eigenvalue weighted by molar-refractivity contribution is -0.109. The summed E-state index contributed by atoms with van der Waals surface area (Å²) in [6, 6.07) is 6.76. The molecular formula is C19H28O. The van der Waals surface area contributed by atoms with Crippen LogP contribution in [-0.2, 0) is 15.6 Å². The zero-order valence-corrected chi connectivity index (χ0v) is 13.6. The van der Waals surface area contributed by atoms with Gasteiger partial charge < -0.3 is 4.79 Å². The van der Waals surface area contributed by atoms with Crippen molar-refractivity contribution in [2.24, 2.45) is 0 Å². The highest BCUT2D eigenvalue weighted by Crippen LogP contribution is 2.46. The fourth-order valence-electron chi connectivity index (χ4n) is 3.46. The molecule has 110 valence electrons. The lowest BCUT2D eigenvalue weighted by Crippen LogP contribution is -2.34. The summed E-state index contributed by atoms with van der Waals surface area (Å²) in [4.78, 5) is 11.4. The van der Waals surface area contributed by atoms with Crippen LogP contribution in [-0.4, -0.2) is 6.29 Å². The molecule has 1 atom stereocenters. The number of carbonyl (C=O) groups excluding carboxylic acids is 1. The molecule has 1 aliphatic rings. The molecule has 1 aromatic carbocycles. The number of fused-ring (bicyclic) bond motifs is 1. The average molecular weight is 272 g/mol. The molecule has 0 unspecified atom stereocenters. The van der Waals surface area contributed by atoms with Gasteiger partial charge >= 0.3 is 0 Å². The maximum atomic E-state index is 11.4. The van der Waals surface area contributed by atoms with E-state index >= 15 is 0 Å². The van der Waals surface area contributed by atoms with Crippen LogP contribution in [0.1, 0.15) is 82.9 Å². The molecule has 1 aliphatic carbocycles. The van der Waals surface area contributed by atoms with Gasteiger partial charge in [-0.3, -0.25) is 0 Å². The van der Waals surface area contributed by atoms with Crippen molar-refractivity contribution in [3.8, 4) is 0 Å². The molecule has 2 rings (SSSR count). The van der Waals surface area contributed by atoms with Crippen LogP contribution >= 0.6 is 0 Å². The van der Waals surface area contributed by atoms with E-state index < -0.39 is 0 Å². The second kappa shape index (κ2) is 5.35. The van der Waals surface area contributed by atoms with Gasteiger partial charge in [0.25, 0.3) is 0 Å². The minimum Gasteiger partial charge on any atom is -0.303 e. The van der Waals surface area contributed by atoms with E-state index in [1.165, 1.54) is 29.5 Å². The molecule has 1 aromatic rings. The van der Waals surface area contributed by atoms with Crippen LogP contribution in [0, 0.1) is 0 Å². The Hall–Kier alpha value is -1.11. The van der Waals surface area contributed by atoms with E-state index in [1.807, 2.05) is 0 Å². The number of carbonyl (C=O) groups is 1. The minimum absolute atomic E-state index is 0.0612. The van der Waals surface area contributed by atoms with Crippen molar-refractivity contribution in [3.05, 3.63) is 34.9 Å². The molecule has 0 N–H and O–H groups in total. The van der Waals surface area contributed by atoms with Gasteiger partial charge in [-0.05, 0) is 46.8 Å². The van der Waals surface area contributed by atoms with E-state index in [-0.39, 0.29) is 16.7 Å². The fraction of sp³-hybridized carbons (Fsp3) is 0.632. The van der Waals surface area contributed by atoms with Gasteiger partial charge in [0.1, 0.15) is 6.29 Å². The zero-order chi connectivity index (χ0) is 15.0. The average Bonchev–Trinajstić information content (AvgIpc) is 2.41. The van der Waals surface area contributed by atoms with Gasteiger partial charge in [-0.2, -0.15) is 0 Å². The number of hydrogen-bond donors (Lipinski definition) is 0. The van der Waals surface area contributed by atoms with Crippen molar-refractivity contribution in [3.63, 3.8) is 0 Å². The lowest BCUT2D eigenvalue weighted by atomic mass is 9.62. The van der Waals surface area contributed by atoms with Crippen molar-refractivity contribution in [1.82, 2.24) is 0 Å². The van der Waals surface area contributed by atoms with Crippen molar-refractivity contribution < 1.29 is 4.79 Å². The topological polar surface area (TPSA) is 17.1 Å². The zero-order valence-electron chi connectivity index (χ0n) is 13.6. The molecule has 0 aliphatic heterocycles. The summed E-state index contributed by atoms with van der Waals surface area (Å²) in [5, 5.41) is 0. The third-order valence-electron chi connectivity index (χ3n) is 5.07. The summed E-state index contributed by atoms with van der Waals surface area (Å²) in [7, 11) is 0. The Kier molecular flexibility index (Phi) is 4.09. The van der Waals surface area contributed by atoms with Crippen molar-refractivity contribution in [2.45, 2.75) is 77.0 Å². The molecule has 0 radical (unpaired) electrons. The number of hydrogen-bond acceptors (Lipinski definition) is 1. The maximum absolute atomic E-state index is 11.4. The van der Waals surface area contributed by atoms with Crippen LogP contribution in [0.4, 0.5) is 0 Å². The molecule has 1 heteroatoms. The molecule has 0 saturated carbocycles. The first-order valence-electron chi connectivity index (χ1n) is 7.92. The molecule has 0 saturated heterocycles. The van der Waals surface area contributed by atoms with Crippen molar-refractivity contribution >= 4 is 6.29 Å². The third-order valence-corrected chi connectivity index (χ3v) is 5.07. The summed E-state index contributed by atoms with van der Waals surface area (Å²) in [6.07, 6.45) is 5.57. The molecule has 1 nitrogen and oxygen atoms in total. The first-order chi connectivity index (χ1) is 9.31.